The van der Waals surface area contributed by atoms with Crippen molar-refractivity contribution in [3.8, 4) is 12.3 Å². The number of terminal acetylenes is 1. The third-order valence-corrected chi connectivity index (χ3v) is 1.78. The van der Waals surface area contributed by atoms with E-state index in [1.807, 2.05) is 0 Å². The largest absolute Gasteiger partial charge is 0.481 e. The van der Waals surface area contributed by atoms with Crippen LogP contribution in [0.15, 0.2) is 0 Å². The van der Waals surface area contributed by atoms with E-state index < -0.39 is 5.97 Å². The van der Waals surface area contributed by atoms with Gasteiger partial charge in [-0.2, -0.15) is 0 Å². The van der Waals surface area contributed by atoms with E-state index in [-0.39, 0.29) is 24.9 Å². The standard InChI is InChI=1S/C10H16N2O3/c1-3-6-12-10(15)8(2)11-7-4-5-9(13)14/h1,8,11H,4-7H2,2H3,(H,12,15)(H,13,14). The first-order valence-electron chi connectivity index (χ1n) is 4.74. The highest BCUT2D eigenvalue weighted by Gasteiger charge is 2.10. The van der Waals surface area contributed by atoms with Gasteiger partial charge in [-0.05, 0) is 19.9 Å². The molecule has 5 heteroatoms. The molecule has 0 aliphatic carbocycles. The quantitative estimate of drug-likeness (QED) is 0.395. The van der Waals surface area contributed by atoms with Gasteiger partial charge < -0.3 is 15.7 Å². The molecule has 0 heterocycles. The smallest absolute Gasteiger partial charge is 0.303 e. The number of rotatable bonds is 7. The lowest BCUT2D eigenvalue weighted by Crippen LogP contribution is -2.42. The summed E-state index contributed by atoms with van der Waals surface area (Å²) in [6.07, 6.45) is 5.59. The van der Waals surface area contributed by atoms with Gasteiger partial charge in [0.15, 0.2) is 0 Å². The summed E-state index contributed by atoms with van der Waals surface area (Å²) in [5, 5.41) is 13.8. The van der Waals surface area contributed by atoms with E-state index in [0.717, 1.165) is 0 Å². The Morgan fingerprint density at radius 1 is 1.53 bits per heavy atom. The van der Waals surface area contributed by atoms with Crippen molar-refractivity contribution in [3.05, 3.63) is 0 Å². The molecule has 0 spiro atoms. The molecule has 0 aromatic heterocycles. The van der Waals surface area contributed by atoms with Crippen LogP contribution in [-0.2, 0) is 9.59 Å². The molecule has 0 radical (unpaired) electrons. The van der Waals surface area contributed by atoms with Gasteiger partial charge in [-0.15, -0.1) is 6.42 Å². The summed E-state index contributed by atoms with van der Waals surface area (Å²) in [6, 6.07) is -0.354. The van der Waals surface area contributed by atoms with Crippen molar-refractivity contribution in [1.29, 1.82) is 0 Å². The van der Waals surface area contributed by atoms with Gasteiger partial charge >= 0.3 is 5.97 Å². The SMILES string of the molecule is C#CCNC(=O)C(C)NCCCC(=O)O. The molecule has 1 atom stereocenters. The number of nitrogens with one attached hydrogen (secondary N) is 2. The fraction of sp³-hybridized carbons (Fsp3) is 0.600. The van der Waals surface area contributed by atoms with Crippen LogP contribution in [-0.4, -0.2) is 36.1 Å². The molecule has 1 amide bonds. The number of hydrogen-bond donors (Lipinski definition) is 3. The van der Waals surface area contributed by atoms with Gasteiger partial charge in [0.1, 0.15) is 0 Å². The fourth-order valence-electron chi connectivity index (χ4n) is 0.942. The van der Waals surface area contributed by atoms with Gasteiger partial charge in [0.2, 0.25) is 5.91 Å². The third-order valence-electron chi connectivity index (χ3n) is 1.78. The third kappa shape index (κ3) is 7.52. The van der Waals surface area contributed by atoms with Crippen molar-refractivity contribution in [2.45, 2.75) is 25.8 Å². The Hall–Kier alpha value is -1.54. The van der Waals surface area contributed by atoms with Gasteiger partial charge in [0.05, 0.1) is 12.6 Å². The van der Waals surface area contributed by atoms with Crippen molar-refractivity contribution in [2.75, 3.05) is 13.1 Å². The molecule has 0 aromatic carbocycles. The topological polar surface area (TPSA) is 78.4 Å². The maximum absolute atomic E-state index is 11.2. The molecule has 84 valence electrons. The summed E-state index contributed by atoms with van der Waals surface area (Å²) in [5.41, 5.74) is 0. The monoisotopic (exact) mass is 212 g/mol. The van der Waals surface area contributed by atoms with E-state index in [0.29, 0.717) is 13.0 Å². The number of carboxylic acid groups (broad SMARTS) is 1. The van der Waals surface area contributed by atoms with Crippen LogP contribution in [0.1, 0.15) is 19.8 Å². The summed E-state index contributed by atoms with van der Waals surface area (Å²) in [5.74, 6) is 1.29. The summed E-state index contributed by atoms with van der Waals surface area (Å²) in [6.45, 7) is 2.41. The lowest BCUT2D eigenvalue weighted by atomic mass is 10.2. The Bertz CT molecular complexity index is 258. The molecule has 0 fully saturated rings. The first-order valence-corrected chi connectivity index (χ1v) is 4.74. The van der Waals surface area contributed by atoms with Gasteiger partial charge in [-0.1, -0.05) is 5.92 Å². The highest BCUT2D eigenvalue weighted by Crippen LogP contribution is 1.88. The Morgan fingerprint density at radius 3 is 2.73 bits per heavy atom. The molecule has 15 heavy (non-hydrogen) atoms. The molecule has 0 rings (SSSR count). The minimum atomic E-state index is -0.832. The second-order valence-corrected chi connectivity index (χ2v) is 3.10. The van der Waals surface area contributed by atoms with Crippen LogP contribution in [0.4, 0.5) is 0 Å². The lowest BCUT2D eigenvalue weighted by Gasteiger charge is -2.12. The summed E-state index contributed by atoms with van der Waals surface area (Å²) in [7, 11) is 0. The van der Waals surface area contributed by atoms with E-state index in [9.17, 15) is 9.59 Å². The Morgan fingerprint density at radius 2 is 2.20 bits per heavy atom. The zero-order valence-electron chi connectivity index (χ0n) is 8.75. The van der Waals surface area contributed by atoms with Crippen LogP contribution in [0.5, 0.6) is 0 Å². The van der Waals surface area contributed by atoms with Crippen LogP contribution in [0.3, 0.4) is 0 Å². The molecule has 0 aromatic rings. The predicted octanol–water partition coefficient (Wildman–Crippen LogP) is -0.421. The Balaban J connectivity index is 3.56. The predicted molar refractivity (Wildman–Crippen MR) is 56.2 cm³/mol. The van der Waals surface area contributed by atoms with Crippen molar-refractivity contribution in [3.63, 3.8) is 0 Å². The van der Waals surface area contributed by atoms with E-state index in [1.54, 1.807) is 6.92 Å². The number of carbonyl (C=O) groups excluding carboxylic acids is 1. The highest BCUT2D eigenvalue weighted by molar-refractivity contribution is 5.81. The minimum absolute atomic E-state index is 0.103. The molecular weight excluding hydrogens is 196 g/mol. The van der Waals surface area contributed by atoms with Crippen molar-refractivity contribution in [1.82, 2.24) is 10.6 Å². The van der Waals surface area contributed by atoms with E-state index in [2.05, 4.69) is 16.6 Å². The molecule has 0 aliphatic rings. The fourth-order valence-corrected chi connectivity index (χ4v) is 0.942. The van der Waals surface area contributed by atoms with Crippen LogP contribution in [0.2, 0.25) is 0 Å². The van der Waals surface area contributed by atoms with Gasteiger partial charge in [-0.25, -0.2) is 0 Å². The van der Waals surface area contributed by atoms with Crippen LogP contribution >= 0.6 is 0 Å². The molecule has 3 N–H and O–H groups in total. The number of hydrogen-bond acceptors (Lipinski definition) is 3. The first-order chi connectivity index (χ1) is 7.07. The summed E-state index contributed by atoms with van der Waals surface area (Å²) < 4.78 is 0. The van der Waals surface area contributed by atoms with E-state index in [1.165, 1.54) is 0 Å². The van der Waals surface area contributed by atoms with Crippen LogP contribution in [0.25, 0.3) is 0 Å². The molecule has 0 aliphatic heterocycles. The maximum atomic E-state index is 11.2. The zero-order valence-corrected chi connectivity index (χ0v) is 8.75. The Kier molecular flexibility index (Phi) is 7.02. The van der Waals surface area contributed by atoms with Crippen LogP contribution in [0, 0.1) is 12.3 Å². The average molecular weight is 212 g/mol. The number of carboxylic acids is 1. The highest BCUT2D eigenvalue weighted by atomic mass is 16.4. The number of amides is 1. The van der Waals surface area contributed by atoms with Crippen LogP contribution < -0.4 is 10.6 Å². The van der Waals surface area contributed by atoms with Gasteiger partial charge in [0.25, 0.3) is 0 Å². The van der Waals surface area contributed by atoms with E-state index in [4.69, 9.17) is 11.5 Å². The molecule has 0 saturated heterocycles. The second-order valence-electron chi connectivity index (χ2n) is 3.10. The molecule has 0 saturated carbocycles. The lowest BCUT2D eigenvalue weighted by molar-refractivity contribution is -0.137. The summed E-state index contributed by atoms with van der Waals surface area (Å²) in [4.78, 5) is 21.4. The molecule has 1 unspecified atom stereocenters. The first kappa shape index (κ1) is 13.5. The molecule has 5 nitrogen and oxygen atoms in total. The van der Waals surface area contributed by atoms with Gasteiger partial charge in [-0.3, -0.25) is 9.59 Å². The minimum Gasteiger partial charge on any atom is -0.481 e. The molecular formula is C10H16N2O3. The maximum Gasteiger partial charge on any atom is 0.303 e. The second kappa shape index (κ2) is 7.83. The zero-order chi connectivity index (χ0) is 11.7. The normalized spacial score (nSPS) is 11.5. The summed E-state index contributed by atoms with van der Waals surface area (Å²) >= 11 is 0. The van der Waals surface area contributed by atoms with E-state index >= 15 is 0 Å². The number of aliphatic carboxylic acids is 1. The van der Waals surface area contributed by atoms with Gasteiger partial charge in [0, 0.05) is 6.42 Å². The molecule has 0 bridgehead atoms. The van der Waals surface area contributed by atoms with Crippen molar-refractivity contribution >= 4 is 11.9 Å². The Labute approximate surface area is 89.2 Å². The van der Waals surface area contributed by atoms with Crippen molar-refractivity contribution in [2.24, 2.45) is 0 Å². The average Bonchev–Trinajstić information content (AvgIpc) is 2.20. The number of carbonyl (C=O) groups is 2. The van der Waals surface area contributed by atoms with Crippen molar-refractivity contribution < 1.29 is 14.7 Å².